The molecule has 1 aromatic carbocycles. The van der Waals surface area contributed by atoms with Crippen molar-refractivity contribution in [1.82, 2.24) is 0 Å². The lowest BCUT2D eigenvalue weighted by Gasteiger charge is -2.41. The number of aldehydes is 1. The quantitative estimate of drug-likeness (QED) is 0.121. The lowest BCUT2D eigenvalue weighted by molar-refractivity contribution is -0.301. The van der Waals surface area contributed by atoms with E-state index in [9.17, 15) is 39.9 Å². The first kappa shape index (κ1) is 30.6. The summed E-state index contributed by atoms with van der Waals surface area (Å²) in [5.41, 5.74) is 1.61. The molecule has 2 fully saturated rings. The van der Waals surface area contributed by atoms with E-state index in [2.05, 4.69) is 6.58 Å². The Labute approximate surface area is 236 Å². The second-order valence-electron chi connectivity index (χ2n) is 10.3. The number of carbonyl (C=O) groups is 3. The van der Waals surface area contributed by atoms with Gasteiger partial charge < -0.3 is 44.5 Å². The number of carbonyl (C=O) groups excluding carboxylic acids is 3. The van der Waals surface area contributed by atoms with E-state index < -0.39 is 67.4 Å². The minimum atomic E-state index is -1.65. The van der Waals surface area contributed by atoms with Crippen molar-refractivity contribution >= 4 is 18.2 Å². The molecule has 1 aromatic rings. The fraction of sp³-hybridized carbons (Fsp3) is 0.483. The van der Waals surface area contributed by atoms with Crippen molar-refractivity contribution in [3.63, 3.8) is 0 Å². The van der Waals surface area contributed by atoms with Gasteiger partial charge in [0.05, 0.1) is 31.7 Å². The Morgan fingerprint density at radius 3 is 2.56 bits per heavy atom. The number of fused-ring (bicyclic) bond motifs is 1. The molecule has 8 atom stereocenters. The summed E-state index contributed by atoms with van der Waals surface area (Å²) in [6.45, 7) is 2.93. The largest absolute Gasteiger partial charge is 0.508 e. The number of phenols is 1. The molecule has 12 heteroatoms. The topological polar surface area (TPSA) is 189 Å². The number of allylic oxidation sites excluding steroid dienone is 1. The number of benzene rings is 1. The minimum absolute atomic E-state index is 0.0308. The van der Waals surface area contributed by atoms with Crippen LogP contribution >= 0.6 is 0 Å². The molecule has 41 heavy (non-hydrogen) atoms. The Kier molecular flexibility index (Phi) is 10.1. The average molecular weight is 575 g/mol. The van der Waals surface area contributed by atoms with Crippen molar-refractivity contribution in [2.75, 3.05) is 13.2 Å². The van der Waals surface area contributed by atoms with Crippen LogP contribution in [0.3, 0.4) is 0 Å². The zero-order valence-corrected chi connectivity index (χ0v) is 22.2. The van der Waals surface area contributed by atoms with E-state index in [1.807, 2.05) is 0 Å². The normalized spacial score (nSPS) is 32.3. The summed E-state index contributed by atoms with van der Waals surface area (Å²) >= 11 is 0. The number of aromatic hydroxyl groups is 1. The number of hydrogen-bond donors (Lipinski definition) is 5. The van der Waals surface area contributed by atoms with Gasteiger partial charge in [-0.15, -0.1) is 0 Å². The summed E-state index contributed by atoms with van der Waals surface area (Å²) in [6, 6.07) is 5.87. The van der Waals surface area contributed by atoms with Crippen molar-refractivity contribution in [2.45, 2.75) is 68.6 Å². The van der Waals surface area contributed by atoms with E-state index in [-0.39, 0.29) is 30.8 Å². The molecule has 3 aliphatic rings. The maximum absolute atomic E-state index is 12.5. The molecule has 8 unspecified atom stereocenters. The maximum atomic E-state index is 12.5. The van der Waals surface area contributed by atoms with Gasteiger partial charge >= 0.3 is 11.9 Å². The third-order valence-electron chi connectivity index (χ3n) is 7.35. The van der Waals surface area contributed by atoms with Crippen LogP contribution in [0, 0.1) is 5.92 Å². The van der Waals surface area contributed by atoms with Crippen LogP contribution in [0.4, 0.5) is 0 Å². The maximum Gasteiger partial charge on any atom is 0.334 e. The van der Waals surface area contributed by atoms with Crippen LogP contribution in [-0.4, -0.2) is 99.9 Å². The van der Waals surface area contributed by atoms with Crippen molar-refractivity contribution in [2.24, 2.45) is 5.92 Å². The van der Waals surface area contributed by atoms with E-state index in [4.69, 9.17) is 18.9 Å². The van der Waals surface area contributed by atoms with Gasteiger partial charge in [-0.3, -0.25) is 9.59 Å². The Bertz CT molecular complexity index is 1190. The highest BCUT2D eigenvalue weighted by molar-refractivity contribution is 5.91. The Hall–Kier alpha value is -3.39. The van der Waals surface area contributed by atoms with Crippen LogP contribution in [0.5, 0.6) is 5.75 Å². The highest BCUT2D eigenvalue weighted by Gasteiger charge is 2.47. The number of hydrogen-bond acceptors (Lipinski definition) is 12. The summed E-state index contributed by atoms with van der Waals surface area (Å²) in [6.07, 6.45) is -4.61. The van der Waals surface area contributed by atoms with Crippen molar-refractivity contribution < 1.29 is 58.9 Å². The SMILES string of the molecule is C=C1C(=O)OC2C=C(COC3OC(CO)C(OC(=O)Cc4ccc(O)cc4)C(O)C3O)CCC=C(C=O)CC(O)C12. The molecule has 2 aliphatic heterocycles. The fourth-order valence-electron chi connectivity index (χ4n) is 5.12. The highest BCUT2D eigenvalue weighted by Crippen LogP contribution is 2.35. The fourth-order valence-corrected chi connectivity index (χ4v) is 5.12. The van der Waals surface area contributed by atoms with Gasteiger partial charge in [-0.25, -0.2) is 4.79 Å². The molecule has 2 saturated heterocycles. The summed E-state index contributed by atoms with van der Waals surface area (Å²) in [5, 5.41) is 51.4. The van der Waals surface area contributed by atoms with Gasteiger partial charge in [0.1, 0.15) is 36.5 Å². The van der Waals surface area contributed by atoms with Crippen molar-refractivity contribution in [3.05, 3.63) is 65.3 Å². The summed E-state index contributed by atoms with van der Waals surface area (Å²) in [7, 11) is 0. The molecule has 1 aliphatic carbocycles. The van der Waals surface area contributed by atoms with Crippen LogP contribution in [-0.2, 0) is 39.8 Å². The monoisotopic (exact) mass is 574 g/mol. The first-order valence-electron chi connectivity index (χ1n) is 13.2. The molecule has 0 amide bonds. The van der Waals surface area contributed by atoms with Crippen molar-refractivity contribution in [3.8, 4) is 5.75 Å². The predicted molar refractivity (Wildman–Crippen MR) is 140 cm³/mol. The molecule has 0 radical (unpaired) electrons. The number of ether oxygens (including phenoxy) is 4. The molecule has 4 rings (SSSR count). The molecule has 0 bridgehead atoms. The van der Waals surface area contributed by atoms with Crippen LogP contribution in [0.1, 0.15) is 24.8 Å². The van der Waals surface area contributed by atoms with Gasteiger partial charge in [0.25, 0.3) is 0 Å². The second-order valence-corrected chi connectivity index (χ2v) is 10.3. The highest BCUT2D eigenvalue weighted by atomic mass is 16.7. The lowest BCUT2D eigenvalue weighted by Crippen LogP contribution is -2.60. The van der Waals surface area contributed by atoms with Gasteiger partial charge in [0.15, 0.2) is 12.4 Å². The first-order valence-corrected chi connectivity index (χ1v) is 13.2. The van der Waals surface area contributed by atoms with E-state index in [0.29, 0.717) is 35.8 Å². The third-order valence-corrected chi connectivity index (χ3v) is 7.35. The Morgan fingerprint density at radius 2 is 1.88 bits per heavy atom. The van der Waals surface area contributed by atoms with Gasteiger partial charge in [0.2, 0.25) is 0 Å². The zero-order chi connectivity index (χ0) is 29.7. The summed E-state index contributed by atoms with van der Waals surface area (Å²) < 4.78 is 22.1. The van der Waals surface area contributed by atoms with Crippen LogP contribution < -0.4 is 0 Å². The Balaban J connectivity index is 1.43. The van der Waals surface area contributed by atoms with E-state index in [1.165, 1.54) is 24.3 Å². The van der Waals surface area contributed by atoms with Gasteiger partial charge in [-0.1, -0.05) is 24.8 Å². The zero-order valence-electron chi connectivity index (χ0n) is 22.2. The van der Waals surface area contributed by atoms with Gasteiger partial charge in [0, 0.05) is 12.0 Å². The van der Waals surface area contributed by atoms with Gasteiger partial charge in [-0.05, 0) is 47.8 Å². The van der Waals surface area contributed by atoms with E-state index >= 15 is 0 Å². The summed E-state index contributed by atoms with van der Waals surface area (Å²) in [4.78, 5) is 36.1. The molecule has 12 nitrogen and oxygen atoms in total. The van der Waals surface area contributed by atoms with Crippen molar-refractivity contribution in [1.29, 1.82) is 0 Å². The summed E-state index contributed by atoms with van der Waals surface area (Å²) in [5.74, 6) is -2.14. The number of aliphatic hydroxyl groups excluding tert-OH is 4. The Morgan fingerprint density at radius 1 is 1.15 bits per heavy atom. The lowest BCUT2D eigenvalue weighted by atomic mass is 9.85. The predicted octanol–water partition coefficient (Wildman–Crippen LogP) is -0.00360. The molecule has 0 saturated carbocycles. The smallest absolute Gasteiger partial charge is 0.334 e. The minimum Gasteiger partial charge on any atom is -0.508 e. The molecule has 0 spiro atoms. The van der Waals surface area contributed by atoms with Crippen LogP contribution in [0.2, 0.25) is 0 Å². The van der Waals surface area contributed by atoms with Crippen LogP contribution in [0.25, 0.3) is 0 Å². The first-order chi connectivity index (χ1) is 19.6. The molecule has 0 aromatic heterocycles. The number of phenolic OH excluding ortho intramolecular Hbond substituents is 1. The van der Waals surface area contributed by atoms with E-state index in [0.717, 1.165) is 0 Å². The molecule has 2 heterocycles. The average Bonchev–Trinajstić information content (AvgIpc) is 3.23. The number of esters is 2. The molecular weight excluding hydrogens is 540 g/mol. The number of aliphatic hydroxyl groups is 4. The second kappa shape index (κ2) is 13.5. The third kappa shape index (κ3) is 7.28. The standard InChI is InChI=1S/C29H34O12/c1-15-24-20(33)9-17(12-30)3-2-4-18(10-21(24)39-28(15)37)14-38-29-26(36)25(35)27(22(13-31)40-29)41-23(34)11-16-5-7-19(32)8-6-16/h3,5-8,10,12,20-22,24-27,29,31-33,35-36H,1-2,4,9,11,13-14H2. The number of rotatable bonds is 8. The van der Waals surface area contributed by atoms with Gasteiger partial charge in [-0.2, -0.15) is 0 Å². The molecule has 5 N–H and O–H groups in total. The molecule has 222 valence electrons. The van der Waals surface area contributed by atoms with Crippen LogP contribution in [0.15, 0.2) is 59.7 Å². The van der Waals surface area contributed by atoms with E-state index in [1.54, 1.807) is 12.2 Å². The molecular formula is C29H34O12.